The Bertz CT molecular complexity index is 1150. The molecule has 132 valence electrons. The summed E-state index contributed by atoms with van der Waals surface area (Å²) in [5.74, 6) is -0.231. The number of carbonyl (C=O) groups excluding carboxylic acids is 1. The zero-order chi connectivity index (χ0) is 18.8. The van der Waals surface area contributed by atoms with Crippen LogP contribution >= 0.6 is 0 Å². The van der Waals surface area contributed by atoms with Crippen LogP contribution in [0.2, 0.25) is 0 Å². The standard InChI is InChI=1S/C22H18N4O/c1-3-16-12-19(21-25-23-14-26(21)13-16)22(27)24-20-11-7-10-18(15(20)2)17-8-5-4-6-9-17/h3-14H,1H2,2H3,(H,24,27). The van der Waals surface area contributed by atoms with Gasteiger partial charge in [-0.3, -0.25) is 9.20 Å². The molecule has 0 aliphatic rings. The van der Waals surface area contributed by atoms with Gasteiger partial charge in [-0.05, 0) is 41.3 Å². The van der Waals surface area contributed by atoms with E-state index in [0.717, 1.165) is 27.9 Å². The first-order chi connectivity index (χ1) is 13.2. The lowest BCUT2D eigenvalue weighted by atomic mass is 9.99. The molecule has 0 atom stereocenters. The zero-order valence-corrected chi connectivity index (χ0v) is 14.9. The second-order valence-corrected chi connectivity index (χ2v) is 6.25. The van der Waals surface area contributed by atoms with Crippen LogP contribution in [-0.4, -0.2) is 20.5 Å². The van der Waals surface area contributed by atoms with E-state index < -0.39 is 0 Å². The lowest BCUT2D eigenvalue weighted by molar-refractivity contribution is 0.102. The van der Waals surface area contributed by atoms with Gasteiger partial charge in [0.2, 0.25) is 0 Å². The molecule has 27 heavy (non-hydrogen) atoms. The Morgan fingerprint density at radius 2 is 1.96 bits per heavy atom. The van der Waals surface area contributed by atoms with E-state index in [9.17, 15) is 4.79 Å². The molecule has 0 aliphatic heterocycles. The summed E-state index contributed by atoms with van der Waals surface area (Å²) in [5, 5.41) is 11.0. The summed E-state index contributed by atoms with van der Waals surface area (Å²) < 4.78 is 1.72. The number of benzene rings is 2. The molecule has 0 radical (unpaired) electrons. The first-order valence-corrected chi connectivity index (χ1v) is 8.59. The molecule has 0 spiro atoms. The molecule has 1 amide bonds. The number of nitrogens with zero attached hydrogens (tertiary/aromatic N) is 3. The molecular formula is C22H18N4O. The number of hydrogen-bond donors (Lipinski definition) is 1. The fourth-order valence-electron chi connectivity index (χ4n) is 3.13. The third-order valence-corrected chi connectivity index (χ3v) is 4.56. The molecule has 5 nitrogen and oxygen atoms in total. The van der Waals surface area contributed by atoms with Crippen molar-refractivity contribution in [1.29, 1.82) is 0 Å². The quantitative estimate of drug-likeness (QED) is 0.583. The summed E-state index contributed by atoms with van der Waals surface area (Å²) in [4.78, 5) is 13.0. The Balaban J connectivity index is 1.72. The van der Waals surface area contributed by atoms with Gasteiger partial charge in [0.25, 0.3) is 5.91 Å². The van der Waals surface area contributed by atoms with Crippen molar-refractivity contribution in [1.82, 2.24) is 14.6 Å². The van der Waals surface area contributed by atoms with Crippen molar-refractivity contribution in [2.24, 2.45) is 0 Å². The molecular weight excluding hydrogens is 336 g/mol. The van der Waals surface area contributed by atoms with Crippen molar-refractivity contribution in [3.05, 3.63) is 90.4 Å². The molecule has 0 bridgehead atoms. The lowest BCUT2D eigenvalue weighted by Crippen LogP contribution is -2.15. The summed E-state index contributed by atoms with van der Waals surface area (Å²) in [6.07, 6.45) is 5.10. The van der Waals surface area contributed by atoms with Crippen LogP contribution in [0.15, 0.2) is 73.7 Å². The summed E-state index contributed by atoms with van der Waals surface area (Å²) >= 11 is 0. The number of hydrogen-bond acceptors (Lipinski definition) is 3. The second-order valence-electron chi connectivity index (χ2n) is 6.25. The average molecular weight is 354 g/mol. The number of carbonyl (C=O) groups is 1. The number of fused-ring (bicyclic) bond motifs is 1. The van der Waals surface area contributed by atoms with Gasteiger partial charge in [-0.25, -0.2) is 0 Å². The van der Waals surface area contributed by atoms with Crippen LogP contribution in [0.3, 0.4) is 0 Å². The predicted octanol–water partition coefficient (Wildman–Crippen LogP) is 4.60. The van der Waals surface area contributed by atoms with Crippen LogP contribution in [-0.2, 0) is 0 Å². The molecule has 2 aromatic heterocycles. The highest BCUT2D eigenvalue weighted by molar-refractivity contribution is 6.09. The molecule has 5 heteroatoms. The van der Waals surface area contributed by atoms with E-state index in [2.05, 4.69) is 40.3 Å². The molecule has 0 saturated carbocycles. The number of anilines is 1. The van der Waals surface area contributed by atoms with Crippen molar-refractivity contribution in [3.63, 3.8) is 0 Å². The van der Waals surface area contributed by atoms with Gasteiger partial charge in [-0.15, -0.1) is 10.2 Å². The lowest BCUT2D eigenvalue weighted by Gasteiger charge is -2.13. The highest BCUT2D eigenvalue weighted by Crippen LogP contribution is 2.29. The van der Waals surface area contributed by atoms with Gasteiger partial charge in [0.05, 0.1) is 5.56 Å². The van der Waals surface area contributed by atoms with Crippen LogP contribution in [0.25, 0.3) is 22.9 Å². The Labute approximate surface area is 157 Å². The number of nitrogens with one attached hydrogen (secondary N) is 1. The van der Waals surface area contributed by atoms with Gasteiger partial charge in [-0.2, -0.15) is 0 Å². The Morgan fingerprint density at radius 3 is 2.74 bits per heavy atom. The molecule has 0 fully saturated rings. The zero-order valence-electron chi connectivity index (χ0n) is 14.9. The molecule has 4 aromatic rings. The van der Waals surface area contributed by atoms with E-state index in [4.69, 9.17) is 0 Å². The van der Waals surface area contributed by atoms with Crippen molar-refractivity contribution in [3.8, 4) is 11.1 Å². The van der Waals surface area contributed by atoms with Crippen LogP contribution in [0.4, 0.5) is 5.69 Å². The number of rotatable bonds is 4. The van der Waals surface area contributed by atoms with Crippen molar-refractivity contribution >= 4 is 23.3 Å². The van der Waals surface area contributed by atoms with Crippen LogP contribution in [0.1, 0.15) is 21.5 Å². The smallest absolute Gasteiger partial charge is 0.259 e. The minimum Gasteiger partial charge on any atom is -0.322 e. The highest BCUT2D eigenvalue weighted by Gasteiger charge is 2.15. The highest BCUT2D eigenvalue weighted by atomic mass is 16.1. The summed E-state index contributed by atoms with van der Waals surface area (Å²) in [6.45, 7) is 5.78. The fourth-order valence-corrected chi connectivity index (χ4v) is 3.13. The summed E-state index contributed by atoms with van der Waals surface area (Å²) in [7, 11) is 0. The maximum Gasteiger partial charge on any atom is 0.259 e. The van der Waals surface area contributed by atoms with Gasteiger partial charge in [0.15, 0.2) is 5.65 Å². The van der Waals surface area contributed by atoms with E-state index >= 15 is 0 Å². The second kappa shape index (κ2) is 6.88. The van der Waals surface area contributed by atoms with Crippen LogP contribution in [0.5, 0.6) is 0 Å². The first kappa shape index (κ1) is 16.7. The topological polar surface area (TPSA) is 59.3 Å². The van der Waals surface area contributed by atoms with E-state index in [1.165, 1.54) is 0 Å². The van der Waals surface area contributed by atoms with Crippen molar-refractivity contribution in [2.75, 3.05) is 5.32 Å². The minimum atomic E-state index is -0.231. The van der Waals surface area contributed by atoms with Gasteiger partial charge < -0.3 is 5.32 Å². The van der Waals surface area contributed by atoms with Crippen molar-refractivity contribution < 1.29 is 4.79 Å². The van der Waals surface area contributed by atoms with Crippen LogP contribution in [0, 0.1) is 6.92 Å². The van der Waals surface area contributed by atoms with Crippen molar-refractivity contribution in [2.45, 2.75) is 6.92 Å². The maximum absolute atomic E-state index is 13.0. The van der Waals surface area contributed by atoms with Gasteiger partial charge in [0.1, 0.15) is 6.33 Å². The monoisotopic (exact) mass is 354 g/mol. The SMILES string of the molecule is C=Cc1cc(C(=O)Nc2cccc(-c3ccccc3)c2C)c2nncn2c1. The molecule has 2 aromatic carbocycles. The number of amides is 1. The first-order valence-electron chi connectivity index (χ1n) is 8.59. The molecule has 2 heterocycles. The van der Waals surface area contributed by atoms with E-state index in [-0.39, 0.29) is 5.91 Å². The van der Waals surface area contributed by atoms with E-state index in [0.29, 0.717) is 11.2 Å². The minimum absolute atomic E-state index is 0.231. The Kier molecular flexibility index (Phi) is 4.26. The molecule has 0 saturated heterocycles. The van der Waals surface area contributed by atoms with Crippen LogP contribution < -0.4 is 5.32 Å². The van der Waals surface area contributed by atoms with E-state index in [1.54, 1.807) is 22.9 Å². The van der Waals surface area contributed by atoms with E-state index in [1.807, 2.05) is 43.5 Å². The normalized spacial score (nSPS) is 10.7. The Hall–Kier alpha value is -3.73. The molecule has 4 rings (SSSR count). The van der Waals surface area contributed by atoms with Gasteiger partial charge in [0, 0.05) is 11.9 Å². The largest absolute Gasteiger partial charge is 0.322 e. The fraction of sp³-hybridized carbons (Fsp3) is 0.0455. The van der Waals surface area contributed by atoms with Gasteiger partial charge >= 0.3 is 0 Å². The Morgan fingerprint density at radius 1 is 1.15 bits per heavy atom. The number of pyridine rings is 1. The molecule has 0 unspecified atom stereocenters. The third kappa shape index (κ3) is 3.11. The molecule has 0 aliphatic carbocycles. The number of aromatic nitrogens is 3. The average Bonchev–Trinajstić information content (AvgIpc) is 3.18. The third-order valence-electron chi connectivity index (χ3n) is 4.56. The summed E-state index contributed by atoms with van der Waals surface area (Å²) in [6, 6.07) is 17.8. The molecule has 1 N–H and O–H groups in total. The van der Waals surface area contributed by atoms with Gasteiger partial charge in [-0.1, -0.05) is 55.1 Å². The maximum atomic E-state index is 13.0. The predicted molar refractivity (Wildman–Crippen MR) is 108 cm³/mol. The summed E-state index contributed by atoms with van der Waals surface area (Å²) in [5.41, 5.74) is 5.75.